The van der Waals surface area contributed by atoms with Gasteiger partial charge < -0.3 is 14.6 Å². The molecule has 0 saturated heterocycles. The topological polar surface area (TPSA) is 77.2 Å². The van der Waals surface area contributed by atoms with Gasteiger partial charge in [0.15, 0.2) is 0 Å². The van der Waals surface area contributed by atoms with Crippen molar-refractivity contribution in [3.63, 3.8) is 0 Å². The molecule has 0 bridgehead atoms. The summed E-state index contributed by atoms with van der Waals surface area (Å²) < 4.78 is 10.9. The van der Waals surface area contributed by atoms with Gasteiger partial charge in [0.05, 0.1) is 23.6 Å². The fourth-order valence-corrected chi connectivity index (χ4v) is 3.70. The Balaban J connectivity index is 1.32. The molecule has 1 fully saturated rings. The van der Waals surface area contributed by atoms with Crippen molar-refractivity contribution in [3.8, 4) is 5.88 Å². The number of nitrogens with one attached hydrogen (secondary N) is 1. The number of aryl methyl sites for hydroxylation is 1. The SMILES string of the molecule is Cc1cc(CSc2ccccc2C(=O)NCc2ccc(OCC3CC3)nc2)on1. The number of pyridine rings is 1. The molecule has 6 nitrogen and oxygen atoms in total. The maximum atomic E-state index is 12.7. The van der Waals surface area contributed by atoms with Crippen molar-refractivity contribution in [3.05, 3.63) is 71.2 Å². The molecule has 0 aliphatic heterocycles. The van der Waals surface area contributed by atoms with Crippen molar-refractivity contribution in [2.75, 3.05) is 6.61 Å². The van der Waals surface area contributed by atoms with Gasteiger partial charge in [0, 0.05) is 29.8 Å². The number of nitrogens with zero attached hydrogens (tertiary/aromatic N) is 2. The highest BCUT2D eigenvalue weighted by atomic mass is 32.2. The van der Waals surface area contributed by atoms with Crippen LogP contribution in [0.5, 0.6) is 5.88 Å². The van der Waals surface area contributed by atoms with Gasteiger partial charge in [0.1, 0.15) is 5.76 Å². The van der Waals surface area contributed by atoms with Crippen LogP contribution in [-0.2, 0) is 12.3 Å². The lowest BCUT2D eigenvalue weighted by Crippen LogP contribution is -2.23. The number of aromatic nitrogens is 2. The first-order chi connectivity index (χ1) is 14.2. The minimum absolute atomic E-state index is 0.115. The van der Waals surface area contributed by atoms with Crippen LogP contribution in [0.4, 0.5) is 0 Å². The molecule has 2 aromatic heterocycles. The van der Waals surface area contributed by atoms with Gasteiger partial charge in [0.2, 0.25) is 5.88 Å². The molecule has 0 radical (unpaired) electrons. The number of carbonyl (C=O) groups excluding carboxylic acids is 1. The molecule has 2 heterocycles. The van der Waals surface area contributed by atoms with E-state index >= 15 is 0 Å². The van der Waals surface area contributed by atoms with E-state index in [-0.39, 0.29) is 5.91 Å². The molecule has 1 saturated carbocycles. The zero-order valence-electron chi connectivity index (χ0n) is 16.3. The van der Waals surface area contributed by atoms with Crippen LogP contribution in [0.3, 0.4) is 0 Å². The summed E-state index contributed by atoms with van der Waals surface area (Å²) in [6.45, 7) is 3.04. The van der Waals surface area contributed by atoms with E-state index in [1.807, 2.05) is 49.4 Å². The van der Waals surface area contributed by atoms with E-state index in [1.165, 1.54) is 12.8 Å². The van der Waals surface area contributed by atoms with Crippen molar-refractivity contribution < 1.29 is 14.1 Å². The van der Waals surface area contributed by atoms with Gasteiger partial charge in [-0.2, -0.15) is 0 Å². The standard InChI is InChI=1S/C22H23N3O3S/c1-15-10-18(28-25-15)14-29-20-5-3-2-4-19(20)22(26)24-12-17-8-9-21(23-11-17)27-13-16-6-7-16/h2-5,8-11,16H,6-7,12-14H2,1H3,(H,24,26). The zero-order valence-corrected chi connectivity index (χ0v) is 17.1. The van der Waals surface area contributed by atoms with E-state index in [2.05, 4.69) is 15.5 Å². The number of benzene rings is 1. The summed E-state index contributed by atoms with van der Waals surface area (Å²) in [5.74, 6) is 2.63. The van der Waals surface area contributed by atoms with Crippen molar-refractivity contribution in [2.24, 2.45) is 5.92 Å². The molecule has 4 rings (SSSR count). The van der Waals surface area contributed by atoms with E-state index in [0.29, 0.717) is 29.7 Å². The minimum atomic E-state index is -0.115. The summed E-state index contributed by atoms with van der Waals surface area (Å²) in [6, 6.07) is 13.3. The molecule has 0 unspecified atom stereocenters. The average molecular weight is 410 g/mol. The van der Waals surface area contributed by atoms with Gasteiger partial charge in [-0.3, -0.25) is 4.79 Å². The number of hydrogen-bond donors (Lipinski definition) is 1. The van der Waals surface area contributed by atoms with Gasteiger partial charge in [-0.1, -0.05) is 23.4 Å². The summed E-state index contributed by atoms with van der Waals surface area (Å²) in [4.78, 5) is 17.9. The van der Waals surface area contributed by atoms with E-state index in [9.17, 15) is 4.79 Å². The van der Waals surface area contributed by atoms with Gasteiger partial charge >= 0.3 is 0 Å². The zero-order chi connectivity index (χ0) is 20.1. The molecular weight excluding hydrogens is 386 g/mol. The quantitative estimate of drug-likeness (QED) is 0.528. The Hall–Kier alpha value is -2.80. The van der Waals surface area contributed by atoms with Gasteiger partial charge in [-0.25, -0.2) is 4.98 Å². The van der Waals surface area contributed by atoms with Crippen LogP contribution in [0.1, 0.15) is 40.2 Å². The van der Waals surface area contributed by atoms with Gasteiger partial charge in [0.25, 0.3) is 5.91 Å². The van der Waals surface area contributed by atoms with Crippen LogP contribution >= 0.6 is 11.8 Å². The Bertz CT molecular complexity index is 967. The predicted octanol–water partition coefficient (Wildman–Crippen LogP) is 4.39. The largest absolute Gasteiger partial charge is 0.477 e. The second-order valence-corrected chi connectivity index (χ2v) is 8.18. The molecule has 1 aliphatic rings. The summed E-state index contributed by atoms with van der Waals surface area (Å²) in [7, 11) is 0. The third-order valence-corrected chi connectivity index (χ3v) is 5.69. The highest BCUT2D eigenvalue weighted by molar-refractivity contribution is 7.98. The summed E-state index contributed by atoms with van der Waals surface area (Å²) in [5.41, 5.74) is 2.43. The number of rotatable bonds is 9. The first-order valence-electron chi connectivity index (χ1n) is 9.67. The maximum absolute atomic E-state index is 12.7. The van der Waals surface area contributed by atoms with Crippen LogP contribution in [0.25, 0.3) is 0 Å². The molecule has 7 heteroatoms. The summed E-state index contributed by atoms with van der Waals surface area (Å²) in [5, 5.41) is 6.87. The highest BCUT2D eigenvalue weighted by Gasteiger charge is 2.22. The smallest absolute Gasteiger partial charge is 0.252 e. The lowest BCUT2D eigenvalue weighted by Gasteiger charge is -2.10. The summed E-state index contributed by atoms with van der Waals surface area (Å²) >= 11 is 1.55. The van der Waals surface area contributed by atoms with Gasteiger partial charge in [-0.15, -0.1) is 11.8 Å². The second-order valence-electron chi connectivity index (χ2n) is 7.16. The minimum Gasteiger partial charge on any atom is -0.477 e. The van der Waals surface area contributed by atoms with Crippen molar-refractivity contribution in [1.29, 1.82) is 0 Å². The van der Waals surface area contributed by atoms with Crippen molar-refractivity contribution in [2.45, 2.75) is 37.0 Å². The van der Waals surface area contributed by atoms with Crippen LogP contribution in [-0.4, -0.2) is 22.7 Å². The first-order valence-corrected chi connectivity index (χ1v) is 10.7. The Morgan fingerprint density at radius 2 is 2.14 bits per heavy atom. The lowest BCUT2D eigenvalue weighted by atomic mass is 10.2. The van der Waals surface area contributed by atoms with Gasteiger partial charge in [-0.05, 0) is 43.4 Å². The molecule has 0 spiro atoms. The number of thioether (sulfide) groups is 1. The predicted molar refractivity (Wildman–Crippen MR) is 111 cm³/mol. The Morgan fingerprint density at radius 1 is 1.28 bits per heavy atom. The molecular formula is C22H23N3O3S. The number of ether oxygens (including phenoxy) is 1. The lowest BCUT2D eigenvalue weighted by molar-refractivity contribution is 0.0948. The van der Waals surface area contributed by atoms with E-state index in [1.54, 1.807) is 18.0 Å². The van der Waals surface area contributed by atoms with E-state index in [0.717, 1.165) is 28.5 Å². The van der Waals surface area contributed by atoms with E-state index in [4.69, 9.17) is 9.26 Å². The third-order valence-electron chi connectivity index (χ3n) is 4.59. The van der Waals surface area contributed by atoms with Crippen molar-refractivity contribution >= 4 is 17.7 Å². The fraction of sp³-hybridized carbons (Fsp3) is 0.318. The van der Waals surface area contributed by atoms with Crippen LogP contribution in [0.15, 0.2) is 58.1 Å². The number of hydrogen-bond acceptors (Lipinski definition) is 6. The maximum Gasteiger partial charge on any atom is 0.252 e. The summed E-state index contributed by atoms with van der Waals surface area (Å²) in [6.07, 6.45) is 4.25. The Morgan fingerprint density at radius 3 is 2.86 bits per heavy atom. The first kappa shape index (κ1) is 19.5. The second kappa shape index (κ2) is 9.13. The molecule has 1 aromatic carbocycles. The van der Waals surface area contributed by atoms with Crippen LogP contribution in [0.2, 0.25) is 0 Å². The van der Waals surface area contributed by atoms with E-state index < -0.39 is 0 Å². The fourth-order valence-electron chi connectivity index (χ4n) is 2.78. The molecule has 29 heavy (non-hydrogen) atoms. The van der Waals surface area contributed by atoms with Crippen molar-refractivity contribution in [1.82, 2.24) is 15.5 Å². The average Bonchev–Trinajstić information content (AvgIpc) is 3.49. The highest BCUT2D eigenvalue weighted by Crippen LogP contribution is 2.29. The third kappa shape index (κ3) is 5.60. The number of amides is 1. The molecule has 1 amide bonds. The van der Waals surface area contributed by atoms with Crippen LogP contribution in [0, 0.1) is 12.8 Å². The normalized spacial score (nSPS) is 13.3. The molecule has 1 aliphatic carbocycles. The monoisotopic (exact) mass is 409 g/mol. The number of carbonyl (C=O) groups is 1. The molecule has 1 N–H and O–H groups in total. The van der Waals surface area contributed by atoms with Crippen LogP contribution < -0.4 is 10.1 Å². The molecule has 3 aromatic rings. The molecule has 0 atom stereocenters. The molecule has 150 valence electrons. The Labute approximate surface area is 174 Å². The Kier molecular flexibility index (Phi) is 6.14.